The van der Waals surface area contributed by atoms with Gasteiger partial charge >= 0.3 is 0 Å². The minimum Gasteiger partial charge on any atom is -0.417 e. The quantitative estimate of drug-likeness (QED) is 0.121. The largest absolute Gasteiger partial charge is 0.417 e. The number of halogens is 1. The van der Waals surface area contributed by atoms with Crippen molar-refractivity contribution in [2.24, 2.45) is 0 Å². The molecule has 11 heteroatoms. The van der Waals surface area contributed by atoms with E-state index in [4.69, 9.17) is 27.2 Å². The molecule has 0 aliphatic carbocycles. The summed E-state index contributed by atoms with van der Waals surface area (Å²) in [5.74, 6) is 0. The average molecular weight is 857 g/mol. The minimum atomic E-state index is -2.28. The van der Waals surface area contributed by atoms with Crippen LogP contribution in [0.25, 0.3) is 0 Å². The normalized spacial score (nSPS) is 27.7. The highest BCUT2D eigenvalue weighted by molar-refractivity contribution is 14.1. The van der Waals surface area contributed by atoms with Gasteiger partial charge in [-0.3, -0.25) is 0 Å². The first-order valence-corrected chi connectivity index (χ1v) is 31.5. The van der Waals surface area contributed by atoms with Crippen LogP contribution in [-0.2, 0) is 27.2 Å². The van der Waals surface area contributed by atoms with Gasteiger partial charge in [0.2, 0.25) is 0 Å². The zero-order valence-corrected chi connectivity index (χ0v) is 40.6. The van der Waals surface area contributed by atoms with Gasteiger partial charge in [0.15, 0.2) is 33.3 Å². The van der Waals surface area contributed by atoms with Crippen molar-refractivity contribution in [3.8, 4) is 0 Å². The van der Waals surface area contributed by atoms with Crippen LogP contribution >= 0.6 is 22.6 Å². The molecular weight excluding hydrogens is 780 g/mol. The summed E-state index contributed by atoms with van der Waals surface area (Å²) in [7, 11) is -8.34. The van der Waals surface area contributed by atoms with Crippen molar-refractivity contribution in [3.05, 3.63) is 10.2 Å². The van der Waals surface area contributed by atoms with Gasteiger partial charge in [-0.05, 0) is 102 Å². The Morgan fingerprint density at radius 1 is 0.708 bits per heavy atom. The van der Waals surface area contributed by atoms with Gasteiger partial charge in [-0.1, -0.05) is 106 Å². The van der Waals surface area contributed by atoms with Crippen molar-refractivity contribution in [2.75, 3.05) is 6.61 Å². The number of hydrogen-bond donors (Lipinski definition) is 0. The van der Waals surface area contributed by atoms with Crippen LogP contribution in [0.2, 0.25) is 72.5 Å². The number of rotatable bonds is 15. The second-order valence-electron chi connectivity index (χ2n) is 19.2. The summed E-state index contributed by atoms with van der Waals surface area (Å²) in [5.41, 5.74) is 0. The van der Waals surface area contributed by atoms with Gasteiger partial charge in [0.25, 0.3) is 0 Å². The molecule has 6 nitrogen and oxygen atoms in total. The van der Waals surface area contributed by atoms with Crippen molar-refractivity contribution in [3.63, 3.8) is 0 Å². The third kappa shape index (κ3) is 11.1. The van der Waals surface area contributed by atoms with Gasteiger partial charge in [0, 0.05) is 6.61 Å². The van der Waals surface area contributed by atoms with Crippen LogP contribution in [0.4, 0.5) is 0 Å². The SMILES string of the molecule is CC[Si](CC)(CC)OCCC1CC[C@@H]2O[C@@H]([C@H](/C=C/I)O[Si](C)(C)C(C)(C)C)C(O[Si](C)(C)C(C)(C)C)C(O[Si](C)(C)C(C)(C)C)[C@H]2O1. The average Bonchev–Trinajstić information content (AvgIpc) is 2.94. The van der Waals surface area contributed by atoms with Gasteiger partial charge in [-0.15, -0.1) is 0 Å². The van der Waals surface area contributed by atoms with Crippen LogP contribution in [0.5, 0.6) is 0 Å². The standard InChI is InChI=1S/C37H77IO6Si4/c1-19-48(20-2,21-3)39-27-25-28-22-23-29-31(40-28)33(43-46(15,16)36(7,8)9)34(44-47(17,18)37(10,11)12)32(41-29)30(24-26-38)42-45(13,14)35(4,5)6/h24,26,28-34H,19-23,25,27H2,1-18H3/b26-24+/t28?,29-,30-,31-,32-,33?,34?/m0/s1. The molecule has 0 spiro atoms. The second-order valence-corrected chi connectivity index (χ2v) is 38.9. The first kappa shape index (κ1) is 45.3. The van der Waals surface area contributed by atoms with E-state index < -0.39 is 33.3 Å². The summed E-state index contributed by atoms with van der Waals surface area (Å²) in [4.78, 5) is 0. The lowest BCUT2D eigenvalue weighted by Crippen LogP contribution is -2.69. The number of fused-ring (bicyclic) bond motifs is 1. The molecule has 0 bridgehead atoms. The van der Waals surface area contributed by atoms with E-state index >= 15 is 0 Å². The Morgan fingerprint density at radius 2 is 1.19 bits per heavy atom. The summed E-state index contributed by atoms with van der Waals surface area (Å²) < 4.78 is 45.5. The summed E-state index contributed by atoms with van der Waals surface area (Å²) >= 11 is 2.33. The molecule has 3 unspecified atom stereocenters. The van der Waals surface area contributed by atoms with E-state index in [2.05, 4.69) is 155 Å². The Hall–Kier alpha value is 1.10. The Balaban J connectivity index is 2.65. The molecule has 0 amide bonds. The lowest BCUT2D eigenvalue weighted by atomic mass is 9.87. The third-order valence-electron chi connectivity index (χ3n) is 12.9. The van der Waals surface area contributed by atoms with Gasteiger partial charge < -0.3 is 27.2 Å². The van der Waals surface area contributed by atoms with Crippen LogP contribution in [0, 0.1) is 0 Å². The van der Waals surface area contributed by atoms with Crippen molar-refractivity contribution in [1.82, 2.24) is 0 Å². The Labute approximate surface area is 315 Å². The molecule has 2 fully saturated rings. The molecular formula is C37H77IO6Si4. The lowest BCUT2D eigenvalue weighted by Gasteiger charge is -2.56. The van der Waals surface area contributed by atoms with E-state index in [0.717, 1.165) is 25.9 Å². The molecule has 2 aliphatic rings. The van der Waals surface area contributed by atoms with Crippen LogP contribution in [0.15, 0.2) is 10.2 Å². The lowest BCUT2D eigenvalue weighted by molar-refractivity contribution is -0.267. The summed E-state index contributed by atoms with van der Waals surface area (Å²) in [5, 5.41) is 0.116. The summed E-state index contributed by atoms with van der Waals surface area (Å²) in [6.45, 7) is 42.6. The second kappa shape index (κ2) is 17.1. The molecule has 284 valence electrons. The van der Waals surface area contributed by atoms with E-state index in [1.807, 2.05) is 0 Å². The molecule has 2 aliphatic heterocycles. The zero-order chi connectivity index (χ0) is 37.1. The maximum absolute atomic E-state index is 7.54. The number of hydrogen-bond acceptors (Lipinski definition) is 6. The fourth-order valence-corrected chi connectivity index (χ4v) is 13.0. The van der Waals surface area contributed by atoms with Gasteiger partial charge in [0.1, 0.15) is 24.4 Å². The fourth-order valence-electron chi connectivity index (χ4n) is 6.03. The molecule has 48 heavy (non-hydrogen) atoms. The molecule has 0 radical (unpaired) electrons. The van der Waals surface area contributed by atoms with Crippen molar-refractivity contribution in [2.45, 2.75) is 218 Å². The highest BCUT2D eigenvalue weighted by atomic mass is 127. The molecule has 0 saturated carbocycles. The maximum atomic E-state index is 7.54. The molecule has 7 atom stereocenters. The van der Waals surface area contributed by atoms with Gasteiger partial charge in [-0.2, -0.15) is 0 Å². The predicted octanol–water partition coefficient (Wildman–Crippen LogP) is 11.8. The first-order valence-electron chi connectivity index (χ1n) is 19.0. The van der Waals surface area contributed by atoms with Crippen LogP contribution in [0.3, 0.4) is 0 Å². The zero-order valence-electron chi connectivity index (χ0n) is 34.5. The number of ether oxygens (including phenoxy) is 2. The maximum Gasteiger partial charge on any atom is 0.193 e. The van der Waals surface area contributed by atoms with Crippen LogP contribution < -0.4 is 0 Å². The predicted molar refractivity (Wildman–Crippen MR) is 224 cm³/mol. The molecule has 0 N–H and O–H groups in total. The van der Waals surface area contributed by atoms with Crippen LogP contribution in [-0.4, -0.2) is 82.6 Å². The van der Waals surface area contributed by atoms with E-state index in [9.17, 15) is 0 Å². The molecule has 0 aromatic rings. The van der Waals surface area contributed by atoms with E-state index in [1.54, 1.807) is 0 Å². The summed E-state index contributed by atoms with van der Waals surface area (Å²) in [6, 6.07) is 3.51. The highest BCUT2D eigenvalue weighted by Gasteiger charge is 2.57. The molecule has 2 heterocycles. The van der Waals surface area contributed by atoms with E-state index in [0.29, 0.717) is 0 Å². The molecule has 0 aromatic carbocycles. The van der Waals surface area contributed by atoms with Crippen molar-refractivity contribution >= 4 is 55.9 Å². The topological polar surface area (TPSA) is 55.4 Å². The van der Waals surface area contributed by atoms with E-state index in [-0.39, 0.29) is 57.8 Å². The smallest absolute Gasteiger partial charge is 0.193 e. The minimum absolute atomic E-state index is 0.0202. The van der Waals surface area contributed by atoms with Crippen molar-refractivity contribution < 1.29 is 27.2 Å². The Bertz CT molecular complexity index is 1020. The first-order chi connectivity index (χ1) is 21.7. The monoisotopic (exact) mass is 856 g/mol. The molecule has 2 rings (SSSR count). The molecule has 2 saturated heterocycles. The van der Waals surface area contributed by atoms with E-state index in [1.165, 1.54) is 18.1 Å². The Morgan fingerprint density at radius 3 is 1.62 bits per heavy atom. The molecule has 0 aromatic heterocycles. The van der Waals surface area contributed by atoms with Crippen molar-refractivity contribution in [1.29, 1.82) is 0 Å². The Kier molecular flexibility index (Phi) is 16.1. The summed E-state index contributed by atoms with van der Waals surface area (Å²) in [6.07, 6.45) is 3.74. The highest BCUT2D eigenvalue weighted by Crippen LogP contribution is 2.47. The van der Waals surface area contributed by atoms with Gasteiger partial charge in [0.05, 0.1) is 18.3 Å². The third-order valence-corrected chi connectivity index (χ3v) is 31.4. The van der Waals surface area contributed by atoms with Gasteiger partial charge in [-0.25, -0.2) is 0 Å². The van der Waals surface area contributed by atoms with Crippen LogP contribution in [0.1, 0.15) is 102 Å². The fraction of sp³-hybridized carbons (Fsp3) is 0.946.